The number of ether oxygens (including phenoxy) is 8. The minimum Gasteiger partial charge on any atom is -0.459 e. The van der Waals surface area contributed by atoms with Crippen LogP contribution in [0.25, 0.3) is 33.4 Å². The summed E-state index contributed by atoms with van der Waals surface area (Å²) in [6.45, 7) is 14.8. The van der Waals surface area contributed by atoms with Crippen LogP contribution in [0.15, 0.2) is 88.9 Å². The number of esters is 1. The molecule has 4 aromatic heterocycles. The van der Waals surface area contributed by atoms with Crippen molar-refractivity contribution in [2.45, 2.75) is 218 Å². The first-order chi connectivity index (χ1) is 59.9. The molecule has 37 nitrogen and oxygen atoms in total. The number of alkyl carbamates (subject to hydrolysis) is 1. The smallest absolute Gasteiger partial charge is 0.407 e. The highest BCUT2D eigenvalue weighted by atomic mass is 16.6. The van der Waals surface area contributed by atoms with Crippen molar-refractivity contribution in [3.05, 3.63) is 90.1 Å². The molecule has 2 bridgehead atoms. The molecule has 0 unspecified atom stereocenters. The Kier molecular flexibility index (Phi) is 36.7. The van der Waals surface area contributed by atoms with Gasteiger partial charge in [-0.1, -0.05) is 64.2 Å². The van der Waals surface area contributed by atoms with Crippen LogP contribution in [0.4, 0.5) is 22.6 Å². The second kappa shape index (κ2) is 47.1. The molecule has 5 amide bonds. The number of ketones is 2. The van der Waals surface area contributed by atoms with E-state index in [1.807, 2.05) is 68.2 Å². The summed E-state index contributed by atoms with van der Waals surface area (Å²) in [7, 11) is 6.28. The van der Waals surface area contributed by atoms with Crippen LogP contribution in [0.5, 0.6) is 0 Å². The van der Waals surface area contributed by atoms with Crippen molar-refractivity contribution in [2.24, 2.45) is 35.3 Å². The second-order valence-corrected chi connectivity index (χ2v) is 33.8. The van der Waals surface area contributed by atoms with Gasteiger partial charge in [-0.15, -0.1) is 0 Å². The van der Waals surface area contributed by atoms with Gasteiger partial charge in [0.15, 0.2) is 17.0 Å². The van der Waals surface area contributed by atoms with Gasteiger partial charge >= 0.3 is 12.1 Å². The molecular formula is C88H129N17O20. The van der Waals surface area contributed by atoms with Gasteiger partial charge in [-0.2, -0.15) is 10.1 Å². The standard InChI is InChI=1S/C88H129N17O20/c1-53-18-12-11-13-19-54(2)68(117-8)45-62-24-21-58(6)88(116,125-62)80(112)83(113)104-30-16-14-20-65(104)84(114)122-70(46-69(118-9)55(3)41-57(5)78(110)79(111)77(109)56(4)40-53)63(89)42-59-22-25-67(71(43-59)119-10)124-87(115)96-49-60-47-94-86(95-48-60)103-34-32-102(33-35-103)74(108)51-101(7)50-73(107)93-29-37-121-39-38-120-36-27-72(106)92-28-15-17-31-105-82-75(81(90)97-52-98-82)76(100-105)61-23-26-66-64(44-61)99-85(91)123-66/h11-13,18-19,23,26,41,44,47-48,52-53,55-56,58-59,62-63,65,67-71,78-79,110-111,116H,14-17,20-22,24-25,27-40,42-43,45-46,49-51,89H2,1-10H3,(H2,91,99)(H,92,106)(H,93,107)(H,96,115)(H2,90,97,98)/b13-11?,18-12+,54-19?,57-41+/t53-,55-,56-,58-,59+,62+,63-,65+,67-,68+,69-,70+,71-,78-,79+,88-/m1/s1. The van der Waals surface area contributed by atoms with E-state index in [4.69, 9.17) is 64.6 Å². The number of oxazole rings is 1. The van der Waals surface area contributed by atoms with Gasteiger partial charge in [0.2, 0.25) is 29.5 Å². The first-order valence-electron chi connectivity index (χ1n) is 43.6. The number of likely N-dealkylation sites (N-methyl/N-ethyl adjacent to an activating group) is 1. The lowest BCUT2D eigenvalue weighted by atomic mass is 9.80. The molecule has 16 atom stereocenters. The number of benzene rings is 1. The number of piperazine rings is 1. The molecule has 0 radical (unpaired) electrons. The molecule has 125 heavy (non-hydrogen) atoms. The molecule has 1 aliphatic carbocycles. The van der Waals surface area contributed by atoms with Gasteiger partial charge in [-0.25, -0.2) is 34.2 Å². The molecule has 1 aromatic carbocycles. The zero-order chi connectivity index (χ0) is 90.0. The highest BCUT2D eigenvalue weighted by Gasteiger charge is 2.53. The zero-order valence-corrected chi connectivity index (χ0v) is 73.7. The number of aliphatic hydroxyl groups is 3. The van der Waals surface area contributed by atoms with Crippen molar-refractivity contribution in [2.75, 3.05) is 130 Å². The summed E-state index contributed by atoms with van der Waals surface area (Å²) in [5, 5.41) is 48.9. The summed E-state index contributed by atoms with van der Waals surface area (Å²) in [6.07, 6.45) is 13.6. The number of allylic oxidation sites excluding steroid dienone is 5. The molecule has 686 valence electrons. The molecule has 4 fully saturated rings. The van der Waals surface area contributed by atoms with Gasteiger partial charge in [-0.05, 0) is 139 Å². The molecule has 37 heteroatoms. The van der Waals surface area contributed by atoms with E-state index in [0.717, 1.165) is 11.1 Å². The van der Waals surface area contributed by atoms with Crippen LogP contribution in [0.1, 0.15) is 143 Å². The van der Waals surface area contributed by atoms with Crippen molar-refractivity contribution >= 4 is 87.2 Å². The number of rotatable bonds is 29. The van der Waals surface area contributed by atoms with Gasteiger partial charge in [-0.3, -0.25) is 33.7 Å². The van der Waals surface area contributed by atoms with Crippen LogP contribution in [-0.4, -0.2) is 292 Å². The van der Waals surface area contributed by atoms with Crippen LogP contribution in [0, 0.1) is 29.6 Å². The number of Topliss-reactive ketones (excluding diaryl/α,β-unsaturated/α-hetero) is 2. The summed E-state index contributed by atoms with van der Waals surface area (Å²) < 4.78 is 55.0. The molecule has 5 aliphatic rings. The SMILES string of the molecule is CO[C@H]1C[C@@H]2CC[C@@H](C)[C@@](O)(O2)C(=O)C(=O)N2CCCC[C@H]2C(=O)O[C@H]([C@H](N)C[C@@H]2CC[C@@H](OC(=O)NCc3cnc(N4CCN(C(=O)CN(C)CC(=O)NCCOCCOCCC(=O)NCCCCn5nc(-c6ccc7oc(N)nc7c6)c6c(N)ncnc65)CC4)nc3)[C@H](OC)C2)C[C@@H](OC)[C@H](C)/C=C(\C)[C@@H](O)[C@@H](O)C(=O)[C@H](C)C[C@H](C)/C=C/C=CC=C1C. The Morgan fingerprint density at radius 2 is 1.50 bits per heavy atom. The number of cyclic esters (lactones) is 1. The predicted octanol–water partition coefficient (Wildman–Crippen LogP) is 5.22. The first-order valence-corrected chi connectivity index (χ1v) is 43.6. The van der Waals surface area contributed by atoms with Gasteiger partial charge < -0.3 is 105 Å². The maximum Gasteiger partial charge on any atom is 0.407 e. The lowest BCUT2D eigenvalue weighted by molar-refractivity contribution is -0.265. The molecule has 5 aromatic rings. The number of nitrogens with two attached hydrogens (primary N) is 3. The average Bonchev–Trinajstić information content (AvgIpc) is 1.72. The fourth-order valence-electron chi connectivity index (χ4n) is 17.0. The average molecular weight is 1750 g/mol. The number of amides is 5. The van der Waals surface area contributed by atoms with E-state index < -0.39 is 114 Å². The molecule has 0 spiro atoms. The van der Waals surface area contributed by atoms with Crippen LogP contribution >= 0.6 is 0 Å². The van der Waals surface area contributed by atoms with E-state index in [-0.39, 0.29) is 120 Å². The number of nitrogen functional groups attached to an aromatic ring is 2. The van der Waals surface area contributed by atoms with E-state index in [0.29, 0.717) is 161 Å². The Balaban J connectivity index is 0.626. The summed E-state index contributed by atoms with van der Waals surface area (Å²) in [4.78, 5) is 138. The molecule has 4 aliphatic heterocycles. The monoisotopic (exact) mass is 1740 g/mol. The van der Waals surface area contributed by atoms with Crippen LogP contribution in [0.3, 0.4) is 0 Å². The largest absolute Gasteiger partial charge is 0.459 e. The number of piperidine rings is 1. The van der Waals surface area contributed by atoms with Crippen molar-refractivity contribution < 1.29 is 96.0 Å². The van der Waals surface area contributed by atoms with E-state index in [1.165, 1.54) is 25.4 Å². The highest BCUT2D eigenvalue weighted by molar-refractivity contribution is 6.39. The number of hydrogen-bond donors (Lipinski definition) is 9. The van der Waals surface area contributed by atoms with E-state index in [1.54, 1.807) is 73.9 Å². The minimum absolute atomic E-state index is 0.000176. The zero-order valence-electron chi connectivity index (χ0n) is 73.7. The maximum absolute atomic E-state index is 14.9. The number of unbranched alkanes of at least 4 members (excludes halogenated alkanes) is 1. The number of aliphatic hydroxyl groups excluding tert-OH is 2. The highest BCUT2D eigenvalue weighted by Crippen LogP contribution is 2.39. The molecule has 1 saturated carbocycles. The lowest BCUT2D eigenvalue weighted by Gasteiger charge is -2.43. The van der Waals surface area contributed by atoms with Crippen molar-refractivity contribution in [1.29, 1.82) is 0 Å². The number of methoxy groups -OCH3 is 3. The number of carbonyl (C=O) groups is 8. The summed E-state index contributed by atoms with van der Waals surface area (Å²) in [5.41, 5.74) is 24.1. The topological polar surface area (TPSA) is 494 Å². The van der Waals surface area contributed by atoms with Crippen molar-refractivity contribution in [3.63, 3.8) is 0 Å². The van der Waals surface area contributed by atoms with Gasteiger partial charge in [0.05, 0.1) is 69.3 Å². The molecule has 3 saturated heterocycles. The lowest BCUT2D eigenvalue weighted by Crippen LogP contribution is -2.61. The Morgan fingerprint density at radius 1 is 0.752 bits per heavy atom. The Morgan fingerprint density at radius 3 is 2.24 bits per heavy atom. The molecule has 12 N–H and O–H groups in total. The van der Waals surface area contributed by atoms with Crippen LogP contribution in [0.2, 0.25) is 0 Å². The number of nitrogens with zero attached hydrogens (tertiary/aromatic N) is 11. The normalized spacial score (nSPS) is 27.3. The van der Waals surface area contributed by atoms with Crippen molar-refractivity contribution in [1.82, 2.24) is 65.4 Å². The number of fused-ring (bicyclic) bond motifs is 5. The molecular weight excluding hydrogens is 1620 g/mol. The number of nitrogens with one attached hydrogen (secondary N) is 3. The molecule has 8 heterocycles. The first kappa shape index (κ1) is 97.4. The minimum atomic E-state index is -2.50. The fraction of sp³-hybridized carbons (Fsp3) is 0.636. The number of carbonyl (C=O) groups excluding carboxylic acids is 8. The Bertz CT molecular complexity index is 4550. The number of hydrogen-bond acceptors (Lipinski definition) is 31. The third-order valence-electron chi connectivity index (χ3n) is 24.3. The van der Waals surface area contributed by atoms with Crippen molar-refractivity contribution in [3.8, 4) is 11.3 Å². The number of aromatic nitrogens is 7. The predicted molar refractivity (Wildman–Crippen MR) is 463 cm³/mol. The van der Waals surface area contributed by atoms with Gasteiger partial charge in [0.25, 0.3) is 17.7 Å². The summed E-state index contributed by atoms with van der Waals surface area (Å²) in [6, 6.07) is 3.44. The summed E-state index contributed by atoms with van der Waals surface area (Å²) >= 11 is 0. The second-order valence-electron chi connectivity index (χ2n) is 33.8. The van der Waals surface area contributed by atoms with Crippen LogP contribution < -0.4 is 38.1 Å². The van der Waals surface area contributed by atoms with Gasteiger partial charge in [0.1, 0.15) is 53.8 Å². The third-order valence-corrected chi connectivity index (χ3v) is 24.3. The van der Waals surface area contributed by atoms with E-state index in [2.05, 4.69) is 40.9 Å². The third kappa shape index (κ3) is 27.1. The number of aryl methyl sites for hydroxylation is 1. The Hall–Kier alpha value is -9.80. The Labute approximate surface area is 729 Å². The fourth-order valence-corrected chi connectivity index (χ4v) is 17.0. The van der Waals surface area contributed by atoms with E-state index >= 15 is 0 Å². The van der Waals surface area contributed by atoms with Gasteiger partial charge in [0, 0.05) is 147 Å². The quantitative estimate of drug-likeness (QED) is 0.0128. The van der Waals surface area contributed by atoms with E-state index in [9.17, 15) is 53.7 Å². The number of anilines is 3. The molecule has 10 rings (SSSR count). The summed E-state index contributed by atoms with van der Waals surface area (Å²) in [5.74, 6) is -7.90. The van der Waals surface area contributed by atoms with Crippen LogP contribution in [-0.2, 0) is 84.5 Å². The maximum atomic E-state index is 14.9.